The summed E-state index contributed by atoms with van der Waals surface area (Å²) in [6.45, 7) is 1.93. The second-order valence-corrected chi connectivity index (χ2v) is 6.18. The third-order valence-electron chi connectivity index (χ3n) is 4.18. The first-order chi connectivity index (χ1) is 13.7. The number of hydrogen-bond acceptors (Lipinski definition) is 3. The minimum absolute atomic E-state index is 0.0981. The number of amides is 2. The SMILES string of the molecule is CCc1ccccc1NC(=O)CNC(=O)c1ccc(Oc2ccccc2)cc1. The average molecular weight is 374 g/mol. The van der Waals surface area contributed by atoms with Gasteiger partial charge in [-0.1, -0.05) is 43.3 Å². The van der Waals surface area contributed by atoms with Gasteiger partial charge in [-0.2, -0.15) is 0 Å². The largest absolute Gasteiger partial charge is 0.457 e. The quantitative estimate of drug-likeness (QED) is 0.644. The molecule has 0 saturated carbocycles. The molecule has 3 rings (SSSR count). The number of rotatable bonds is 7. The van der Waals surface area contributed by atoms with Crippen molar-refractivity contribution >= 4 is 17.5 Å². The molecule has 142 valence electrons. The van der Waals surface area contributed by atoms with Gasteiger partial charge in [0.1, 0.15) is 11.5 Å². The Balaban J connectivity index is 1.52. The molecule has 0 radical (unpaired) electrons. The second kappa shape index (κ2) is 9.37. The highest BCUT2D eigenvalue weighted by Gasteiger charge is 2.10. The molecule has 0 aliphatic heterocycles. The predicted molar refractivity (Wildman–Crippen MR) is 110 cm³/mol. The molecule has 0 spiro atoms. The van der Waals surface area contributed by atoms with Crippen LogP contribution in [-0.2, 0) is 11.2 Å². The van der Waals surface area contributed by atoms with Gasteiger partial charge in [0, 0.05) is 11.3 Å². The van der Waals surface area contributed by atoms with Gasteiger partial charge in [-0.05, 0) is 54.4 Å². The summed E-state index contributed by atoms with van der Waals surface area (Å²) >= 11 is 0. The number of anilines is 1. The van der Waals surface area contributed by atoms with E-state index in [0.29, 0.717) is 11.3 Å². The maximum Gasteiger partial charge on any atom is 0.251 e. The highest BCUT2D eigenvalue weighted by molar-refractivity contribution is 5.99. The molecule has 5 nitrogen and oxygen atoms in total. The van der Waals surface area contributed by atoms with Crippen molar-refractivity contribution in [1.29, 1.82) is 0 Å². The molecule has 0 unspecified atom stereocenters. The van der Waals surface area contributed by atoms with Crippen molar-refractivity contribution in [3.05, 3.63) is 90.0 Å². The summed E-state index contributed by atoms with van der Waals surface area (Å²) in [5, 5.41) is 5.46. The number of para-hydroxylation sites is 2. The fraction of sp³-hybridized carbons (Fsp3) is 0.130. The third kappa shape index (κ3) is 5.20. The highest BCUT2D eigenvalue weighted by atomic mass is 16.5. The van der Waals surface area contributed by atoms with Crippen molar-refractivity contribution in [2.24, 2.45) is 0 Å². The number of ether oxygens (including phenoxy) is 1. The summed E-state index contributed by atoms with van der Waals surface area (Å²) in [5.41, 5.74) is 2.28. The Morgan fingerprint density at radius 2 is 1.46 bits per heavy atom. The number of nitrogens with one attached hydrogen (secondary N) is 2. The van der Waals surface area contributed by atoms with Crippen LogP contribution >= 0.6 is 0 Å². The molecule has 0 aliphatic rings. The van der Waals surface area contributed by atoms with Crippen LogP contribution in [0.1, 0.15) is 22.8 Å². The van der Waals surface area contributed by atoms with E-state index in [1.54, 1.807) is 24.3 Å². The van der Waals surface area contributed by atoms with Crippen LogP contribution in [0.4, 0.5) is 5.69 Å². The first-order valence-corrected chi connectivity index (χ1v) is 9.14. The van der Waals surface area contributed by atoms with Crippen molar-refractivity contribution in [3.63, 3.8) is 0 Å². The van der Waals surface area contributed by atoms with Crippen LogP contribution in [0.2, 0.25) is 0 Å². The fourth-order valence-electron chi connectivity index (χ4n) is 2.71. The van der Waals surface area contributed by atoms with Crippen molar-refractivity contribution in [2.75, 3.05) is 11.9 Å². The van der Waals surface area contributed by atoms with E-state index in [-0.39, 0.29) is 18.4 Å². The Labute approximate surface area is 164 Å². The lowest BCUT2D eigenvalue weighted by Gasteiger charge is -2.10. The molecule has 2 N–H and O–H groups in total. The highest BCUT2D eigenvalue weighted by Crippen LogP contribution is 2.21. The van der Waals surface area contributed by atoms with E-state index in [1.807, 2.05) is 61.5 Å². The first kappa shape index (κ1) is 19.2. The summed E-state index contributed by atoms with van der Waals surface area (Å²) < 4.78 is 5.70. The van der Waals surface area contributed by atoms with Crippen LogP contribution < -0.4 is 15.4 Å². The van der Waals surface area contributed by atoms with Crippen LogP contribution in [-0.4, -0.2) is 18.4 Å². The number of benzene rings is 3. The predicted octanol–water partition coefficient (Wildman–Crippen LogP) is 4.41. The van der Waals surface area contributed by atoms with Gasteiger partial charge in [-0.25, -0.2) is 0 Å². The van der Waals surface area contributed by atoms with Gasteiger partial charge in [0.15, 0.2) is 0 Å². The van der Waals surface area contributed by atoms with E-state index in [9.17, 15) is 9.59 Å². The van der Waals surface area contributed by atoms with Gasteiger partial charge in [-0.3, -0.25) is 9.59 Å². The zero-order chi connectivity index (χ0) is 19.8. The minimum atomic E-state index is -0.315. The second-order valence-electron chi connectivity index (χ2n) is 6.18. The van der Waals surface area contributed by atoms with Crippen LogP contribution in [0.25, 0.3) is 0 Å². The minimum Gasteiger partial charge on any atom is -0.457 e. The lowest BCUT2D eigenvalue weighted by molar-refractivity contribution is -0.115. The van der Waals surface area contributed by atoms with Gasteiger partial charge in [0.25, 0.3) is 5.91 Å². The topological polar surface area (TPSA) is 67.4 Å². The third-order valence-corrected chi connectivity index (χ3v) is 4.18. The van der Waals surface area contributed by atoms with Crippen LogP contribution in [0.3, 0.4) is 0 Å². The molecule has 28 heavy (non-hydrogen) atoms. The summed E-state index contributed by atoms with van der Waals surface area (Å²) in [6, 6.07) is 23.8. The van der Waals surface area contributed by atoms with Crippen molar-refractivity contribution in [2.45, 2.75) is 13.3 Å². The van der Waals surface area contributed by atoms with Gasteiger partial charge in [0.2, 0.25) is 5.91 Å². The Morgan fingerprint density at radius 3 is 2.18 bits per heavy atom. The maximum absolute atomic E-state index is 12.3. The number of aryl methyl sites for hydroxylation is 1. The van der Waals surface area contributed by atoms with E-state index in [0.717, 1.165) is 23.4 Å². The van der Waals surface area contributed by atoms with Gasteiger partial charge < -0.3 is 15.4 Å². The van der Waals surface area contributed by atoms with E-state index in [4.69, 9.17) is 4.74 Å². The molecule has 0 saturated heterocycles. The standard InChI is InChI=1S/C23H22N2O3/c1-2-17-8-6-7-11-21(17)25-22(26)16-24-23(27)18-12-14-20(15-13-18)28-19-9-4-3-5-10-19/h3-15H,2,16H2,1H3,(H,24,27)(H,25,26). The monoisotopic (exact) mass is 374 g/mol. The van der Waals surface area contributed by atoms with Crippen LogP contribution in [0, 0.1) is 0 Å². The Kier molecular flexibility index (Phi) is 6.41. The number of hydrogen-bond donors (Lipinski definition) is 2. The molecule has 3 aromatic rings. The fourth-order valence-corrected chi connectivity index (χ4v) is 2.71. The van der Waals surface area contributed by atoms with E-state index >= 15 is 0 Å². The molecule has 5 heteroatoms. The van der Waals surface area contributed by atoms with E-state index in [2.05, 4.69) is 10.6 Å². The molecule has 0 aromatic heterocycles. The number of carbonyl (C=O) groups excluding carboxylic acids is 2. The average Bonchev–Trinajstić information content (AvgIpc) is 2.74. The Hall–Kier alpha value is -3.60. The first-order valence-electron chi connectivity index (χ1n) is 9.14. The van der Waals surface area contributed by atoms with Crippen molar-refractivity contribution in [1.82, 2.24) is 5.32 Å². The molecule has 0 fully saturated rings. The smallest absolute Gasteiger partial charge is 0.251 e. The summed E-state index contributed by atoms with van der Waals surface area (Å²) in [7, 11) is 0. The summed E-state index contributed by atoms with van der Waals surface area (Å²) in [4.78, 5) is 24.4. The Morgan fingerprint density at radius 1 is 0.821 bits per heavy atom. The molecule has 3 aromatic carbocycles. The zero-order valence-electron chi connectivity index (χ0n) is 15.6. The lowest BCUT2D eigenvalue weighted by Crippen LogP contribution is -2.33. The molecular formula is C23H22N2O3. The Bertz CT molecular complexity index is 938. The molecule has 0 heterocycles. The van der Waals surface area contributed by atoms with Gasteiger partial charge in [0.05, 0.1) is 6.54 Å². The summed E-state index contributed by atoms with van der Waals surface area (Å²) in [6.07, 6.45) is 0.820. The molecular weight excluding hydrogens is 352 g/mol. The maximum atomic E-state index is 12.3. The normalized spacial score (nSPS) is 10.2. The molecule has 0 aliphatic carbocycles. The zero-order valence-corrected chi connectivity index (χ0v) is 15.6. The lowest BCUT2D eigenvalue weighted by atomic mass is 10.1. The number of carbonyl (C=O) groups is 2. The van der Waals surface area contributed by atoms with Crippen LogP contribution in [0.5, 0.6) is 11.5 Å². The van der Waals surface area contributed by atoms with Gasteiger partial charge in [-0.15, -0.1) is 0 Å². The molecule has 0 bridgehead atoms. The van der Waals surface area contributed by atoms with E-state index in [1.165, 1.54) is 0 Å². The van der Waals surface area contributed by atoms with Gasteiger partial charge >= 0.3 is 0 Å². The van der Waals surface area contributed by atoms with E-state index < -0.39 is 0 Å². The van der Waals surface area contributed by atoms with Crippen molar-refractivity contribution < 1.29 is 14.3 Å². The summed E-state index contributed by atoms with van der Waals surface area (Å²) in [5.74, 6) is 0.781. The molecule has 0 atom stereocenters. The van der Waals surface area contributed by atoms with Crippen molar-refractivity contribution in [3.8, 4) is 11.5 Å². The molecule has 2 amide bonds. The van der Waals surface area contributed by atoms with Crippen LogP contribution in [0.15, 0.2) is 78.9 Å².